The molecule has 82 valence electrons. The molecule has 15 heavy (non-hydrogen) atoms. The summed E-state index contributed by atoms with van der Waals surface area (Å²) in [6, 6.07) is 2.03. The van der Waals surface area contributed by atoms with E-state index < -0.39 is 12.0 Å². The average Bonchev–Trinajstić information content (AvgIpc) is 2.13. The van der Waals surface area contributed by atoms with Gasteiger partial charge in [0.2, 0.25) is 0 Å². The van der Waals surface area contributed by atoms with Crippen molar-refractivity contribution in [1.82, 2.24) is 0 Å². The van der Waals surface area contributed by atoms with Crippen LogP contribution in [0.4, 0.5) is 0 Å². The Morgan fingerprint density at radius 3 is 2.60 bits per heavy atom. The molecule has 5 nitrogen and oxygen atoms in total. The van der Waals surface area contributed by atoms with Crippen LogP contribution in [0.25, 0.3) is 0 Å². The van der Waals surface area contributed by atoms with Crippen molar-refractivity contribution in [3.8, 4) is 11.5 Å². The van der Waals surface area contributed by atoms with Gasteiger partial charge in [-0.25, -0.2) is 0 Å². The van der Waals surface area contributed by atoms with Crippen molar-refractivity contribution in [2.24, 2.45) is 5.73 Å². The van der Waals surface area contributed by atoms with Crippen molar-refractivity contribution in [3.63, 3.8) is 0 Å². The maximum atomic E-state index is 10.4. The van der Waals surface area contributed by atoms with Gasteiger partial charge in [0.1, 0.15) is 11.5 Å². The molecule has 5 N–H and O–H groups in total. The summed E-state index contributed by atoms with van der Waals surface area (Å²) in [6.45, 7) is 1.53. The fourth-order valence-electron chi connectivity index (χ4n) is 1.31. The number of phenols is 2. The highest BCUT2D eigenvalue weighted by atomic mass is 16.4. The van der Waals surface area contributed by atoms with Gasteiger partial charge >= 0.3 is 5.97 Å². The molecule has 0 aromatic heterocycles. The summed E-state index contributed by atoms with van der Waals surface area (Å²) in [4.78, 5) is 10.4. The summed E-state index contributed by atoms with van der Waals surface area (Å²) in [7, 11) is 0. The highest BCUT2D eigenvalue weighted by Gasteiger charge is 2.16. The van der Waals surface area contributed by atoms with Crippen molar-refractivity contribution in [2.45, 2.75) is 19.4 Å². The molecule has 1 aromatic carbocycles. The van der Waals surface area contributed by atoms with E-state index in [-0.39, 0.29) is 17.9 Å². The van der Waals surface area contributed by atoms with Crippen LogP contribution in [-0.4, -0.2) is 21.3 Å². The zero-order valence-electron chi connectivity index (χ0n) is 8.27. The molecule has 0 bridgehead atoms. The van der Waals surface area contributed by atoms with Crippen molar-refractivity contribution in [2.75, 3.05) is 0 Å². The highest BCUT2D eigenvalue weighted by molar-refractivity contribution is 5.68. The number of carboxylic acids is 1. The maximum Gasteiger partial charge on any atom is 0.305 e. The van der Waals surface area contributed by atoms with Crippen molar-refractivity contribution < 1.29 is 20.1 Å². The lowest BCUT2D eigenvalue weighted by Gasteiger charge is -2.13. The minimum Gasteiger partial charge on any atom is -0.508 e. The van der Waals surface area contributed by atoms with E-state index in [1.807, 2.05) is 0 Å². The largest absolute Gasteiger partial charge is 0.508 e. The summed E-state index contributed by atoms with van der Waals surface area (Å²) in [5.41, 5.74) is 6.22. The van der Waals surface area contributed by atoms with Gasteiger partial charge in [-0.3, -0.25) is 4.79 Å². The maximum absolute atomic E-state index is 10.4. The number of aromatic hydroxyl groups is 2. The molecule has 1 unspecified atom stereocenters. The second-order valence-corrected chi connectivity index (χ2v) is 3.35. The van der Waals surface area contributed by atoms with Gasteiger partial charge in [0.15, 0.2) is 0 Å². The molecule has 5 heteroatoms. The number of hydrogen-bond acceptors (Lipinski definition) is 4. The second-order valence-electron chi connectivity index (χ2n) is 3.35. The molecule has 1 atom stereocenters. The quantitative estimate of drug-likeness (QED) is 0.594. The van der Waals surface area contributed by atoms with E-state index in [0.717, 1.165) is 0 Å². The first-order chi connectivity index (χ1) is 6.93. The third kappa shape index (κ3) is 2.38. The molecular formula is C10H13NO4. The molecule has 0 saturated heterocycles. The topological polar surface area (TPSA) is 104 Å². The fourth-order valence-corrected chi connectivity index (χ4v) is 1.31. The van der Waals surface area contributed by atoms with Crippen molar-refractivity contribution >= 4 is 5.97 Å². The van der Waals surface area contributed by atoms with Gasteiger partial charge < -0.3 is 21.1 Å². The summed E-state index contributed by atoms with van der Waals surface area (Å²) in [5.74, 6) is -1.23. The van der Waals surface area contributed by atoms with Crippen molar-refractivity contribution in [1.29, 1.82) is 0 Å². The summed E-state index contributed by atoms with van der Waals surface area (Å²) in [5, 5.41) is 27.4. The number of benzene rings is 1. The molecule has 1 rings (SSSR count). The fraction of sp³-hybridized carbons (Fsp3) is 0.300. The molecule has 0 radical (unpaired) electrons. The van der Waals surface area contributed by atoms with Gasteiger partial charge in [-0.2, -0.15) is 0 Å². The van der Waals surface area contributed by atoms with Gasteiger partial charge in [-0.15, -0.1) is 0 Å². The molecule has 0 saturated carbocycles. The monoisotopic (exact) mass is 211 g/mol. The molecule has 0 amide bonds. The minimum absolute atomic E-state index is 0.0428. The number of carbonyl (C=O) groups is 1. The summed E-state index contributed by atoms with van der Waals surface area (Å²) in [6.07, 6.45) is -0.266. The van der Waals surface area contributed by atoms with E-state index in [9.17, 15) is 15.0 Å². The molecule has 0 aliphatic rings. The van der Waals surface area contributed by atoms with Crippen LogP contribution in [0.15, 0.2) is 12.1 Å². The summed E-state index contributed by atoms with van der Waals surface area (Å²) >= 11 is 0. The molecule has 0 aliphatic heterocycles. The first-order valence-corrected chi connectivity index (χ1v) is 4.42. The van der Waals surface area contributed by atoms with Crippen LogP contribution < -0.4 is 5.73 Å². The zero-order valence-corrected chi connectivity index (χ0v) is 8.27. The summed E-state index contributed by atoms with van der Waals surface area (Å²) < 4.78 is 0. The lowest BCUT2D eigenvalue weighted by Crippen LogP contribution is -2.15. The molecule has 0 aliphatic carbocycles. The van der Waals surface area contributed by atoms with Gasteiger partial charge in [-0.05, 0) is 13.0 Å². The normalized spacial score (nSPS) is 12.4. The van der Waals surface area contributed by atoms with Crippen LogP contribution in [0, 0.1) is 6.92 Å². The SMILES string of the molecule is Cc1c(O)ccc(C(N)CC(=O)O)c1O. The lowest BCUT2D eigenvalue weighted by atomic mass is 10.0. The average molecular weight is 211 g/mol. The molecular weight excluding hydrogens is 198 g/mol. The Bertz CT molecular complexity index is 389. The Balaban J connectivity index is 3.05. The minimum atomic E-state index is -1.03. The van der Waals surface area contributed by atoms with E-state index in [1.165, 1.54) is 19.1 Å². The standard InChI is InChI=1S/C10H13NO4/c1-5-8(12)3-2-6(10(5)15)7(11)4-9(13)14/h2-3,7,12,15H,4,11H2,1H3,(H,13,14). The number of aliphatic carboxylic acids is 1. The predicted octanol–water partition coefficient (Wildman–Crippen LogP) is 0.881. The van der Waals surface area contributed by atoms with Gasteiger partial charge in [0.25, 0.3) is 0 Å². The Morgan fingerprint density at radius 2 is 2.07 bits per heavy atom. The molecule has 0 heterocycles. The van der Waals surface area contributed by atoms with Crippen molar-refractivity contribution in [3.05, 3.63) is 23.3 Å². The Morgan fingerprint density at radius 1 is 1.47 bits per heavy atom. The third-order valence-electron chi connectivity index (χ3n) is 2.23. The van der Waals surface area contributed by atoms with Gasteiger partial charge in [0, 0.05) is 17.2 Å². The van der Waals surface area contributed by atoms with Gasteiger partial charge in [0.05, 0.1) is 6.42 Å². The third-order valence-corrected chi connectivity index (χ3v) is 2.23. The van der Waals surface area contributed by atoms with E-state index in [4.69, 9.17) is 10.8 Å². The second kappa shape index (κ2) is 4.18. The zero-order chi connectivity index (χ0) is 11.6. The van der Waals surface area contributed by atoms with Crippen LogP contribution in [-0.2, 0) is 4.79 Å². The number of hydrogen-bond donors (Lipinski definition) is 4. The number of rotatable bonds is 3. The number of carboxylic acid groups (broad SMARTS) is 1. The van der Waals surface area contributed by atoms with Crippen LogP contribution in [0.3, 0.4) is 0 Å². The van der Waals surface area contributed by atoms with Crippen LogP contribution in [0.2, 0.25) is 0 Å². The Hall–Kier alpha value is -1.75. The predicted molar refractivity (Wildman–Crippen MR) is 53.7 cm³/mol. The van der Waals surface area contributed by atoms with E-state index in [2.05, 4.69) is 0 Å². The van der Waals surface area contributed by atoms with E-state index in [0.29, 0.717) is 11.1 Å². The molecule has 0 spiro atoms. The van der Waals surface area contributed by atoms with E-state index >= 15 is 0 Å². The van der Waals surface area contributed by atoms with E-state index in [1.54, 1.807) is 0 Å². The smallest absolute Gasteiger partial charge is 0.305 e. The van der Waals surface area contributed by atoms with Crippen LogP contribution in [0.5, 0.6) is 11.5 Å². The molecule has 0 fully saturated rings. The Labute approximate surface area is 86.8 Å². The first-order valence-electron chi connectivity index (χ1n) is 4.42. The number of phenolic OH excluding ortho intramolecular Hbond substituents is 2. The molecule has 1 aromatic rings. The number of nitrogens with two attached hydrogens (primary N) is 1. The Kier molecular flexibility index (Phi) is 3.16. The van der Waals surface area contributed by atoms with Crippen LogP contribution >= 0.6 is 0 Å². The highest BCUT2D eigenvalue weighted by Crippen LogP contribution is 2.33. The first kappa shape index (κ1) is 11.3. The van der Waals surface area contributed by atoms with Crippen LogP contribution in [0.1, 0.15) is 23.6 Å². The van der Waals surface area contributed by atoms with Gasteiger partial charge in [-0.1, -0.05) is 6.07 Å². The lowest BCUT2D eigenvalue weighted by molar-refractivity contribution is -0.137.